The van der Waals surface area contributed by atoms with Crippen molar-refractivity contribution in [3.8, 4) is 0 Å². The van der Waals surface area contributed by atoms with E-state index in [2.05, 4.69) is 103 Å². The van der Waals surface area contributed by atoms with Crippen molar-refractivity contribution in [2.24, 2.45) is 0 Å². The van der Waals surface area contributed by atoms with E-state index >= 15 is 0 Å². The zero-order valence-electron chi connectivity index (χ0n) is 22.9. The van der Waals surface area contributed by atoms with Crippen molar-refractivity contribution in [2.75, 3.05) is 0 Å². The van der Waals surface area contributed by atoms with Gasteiger partial charge in [-0.2, -0.15) is 0 Å². The molecule has 0 N–H and O–H groups in total. The Labute approximate surface area is 258 Å². The second kappa shape index (κ2) is 12.7. The van der Waals surface area contributed by atoms with Gasteiger partial charge < -0.3 is 0 Å². The Morgan fingerprint density at radius 3 is 0.558 bits per heavy atom. The van der Waals surface area contributed by atoms with Crippen molar-refractivity contribution in [3.05, 3.63) is 146 Å². The van der Waals surface area contributed by atoms with Crippen LogP contribution in [0.4, 0.5) is 0 Å². The summed E-state index contributed by atoms with van der Waals surface area (Å²) in [6.07, 6.45) is 10.8. The molecule has 3 aromatic carbocycles. The van der Waals surface area contributed by atoms with Crippen LogP contribution in [-0.4, -0.2) is 29.9 Å². The fourth-order valence-electron chi connectivity index (χ4n) is 5.04. The topological polar surface area (TPSA) is 77.3 Å². The van der Waals surface area contributed by atoms with Gasteiger partial charge in [0.2, 0.25) is 0 Å². The average molecular weight is 596 g/mol. The van der Waals surface area contributed by atoms with Gasteiger partial charge in [0, 0.05) is 86.6 Å². The first-order valence-electron chi connectivity index (χ1n) is 13.6. The predicted octanol–water partition coefficient (Wildman–Crippen LogP) is 8.35. The smallest absolute Gasteiger partial charge is 0.0964 e. The third kappa shape index (κ3) is 5.72. The average Bonchev–Trinajstić information content (AvgIpc) is 3.09. The van der Waals surface area contributed by atoms with Crippen molar-refractivity contribution >= 4 is 65.4 Å². The zero-order valence-corrected chi connectivity index (χ0v) is 24.0. The van der Waals surface area contributed by atoms with Gasteiger partial charge in [0.15, 0.2) is 0 Å². The van der Waals surface area contributed by atoms with Crippen LogP contribution in [0.25, 0.3) is 65.4 Å². The largest absolute Gasteiger partial charge is 0.254 e. The van der Waals surface area contributed by atoms with E-state index in [4.69, 9.17) is 0 Å². The minimum atomic E-state index is 0. The van der Waals surface area contributed by atoms with Gasteiger partial charge >= 0.3 is 0 Å². The number of pyridine rings is 6. The summed E-state index contributed by atoms with van der Waals surface area (Å²) in [5.41, 5.74) is 5.86. The molecule has 7 heteroatoms. The van der Waals surface area contributed by atoms with Crippen molar-refractivity contribution in [1.29, 1.82) is 0 Å². The summed E-state index contributed by atoms with van der Waals surface area (Å²) in [7, 11) is 0. The Kier molecular flexibility index (Phi) is 8.18. The molecule has 0 radical (unpaired) electrons. The summed E-state index contributed by atoms with van der Waals surface area (Å²) in [5.74, 6) is 0. The van der Waals surface area contributed by atoms with Gasteiger partial charge in [-0.05, 0) is 36.4 Å². The van der Waals surface area contributed by atoms with Crippen LogP contribution in [0.3, 0.4) is 0 Å². The number of rotatable bonds is 0. The van der Waals surface area contributed by atoms with E-state index in [1.54, 1.807) is 37.2 Å². The minimum absolute atomic E-state index is 0. The van der Waals surface area contributed by atoms with Crippen molar-refractivity contribution < 1.29 is 17.1 Å². The first-order valence-corrected chi connectivity index (χ1v) is 13.6. The maximum atomic E-state index is 4.35. The molecule has 43 heavy (non-hydrogen) atoms. The Bertz CT molecular complexity index is 1910. The van der Waals surface area contributed by atoms with Gasteiger partial charge in [0.1, 0.15) is 0 Å². The number of benzene rings is 3. The summed E-state index contributed by atoms with van der Waals surface area (Å²) in [5, 5.41) is 6.83. The van der Waals surface area contributed by atoms with Crippen LogP contribution in [0.1, 0.15) is 0 Å². The molecule has 0 aliphatic rings. The zero-order chi connectivity index (χ0) is 28.1. The first-order chi connectivity index (χ1) is 20.8. The molecular formula is C36H24FeN6. The standard InChI is InChI=1S/3C12H8N2.Fe/c3*1-3-9-5-6-10-4-2-8-14-12(10)11(9)13-7-1;/h3*1-8H;. The predicted molar refractivity (Wildman–Crippen MR) is 171 cm³/mol. The molecule has 0 atom stereocenters. The molecule has 0 unspecified atom stereocenters. The molecule has 6 aromatic heterocycles. The molecule has 206 valence electrons. The van der Waals surface area contributed by atoms with Crippen LogP contribution in [0.2, 0.25) is 0 Å². The number of hydrogen-bond donors (Lipinski definition) is 0. The Balaban J connectivity index is 0.000000113. The molecule has 0 fully saturated rings. The molecule has 9 aromatic rings. The molecule has 6 nitrogen and oxygen atoms in total. The van der Waals surface area contributed by atoms with Crippen LogP contribution in [0, 0.1) is 0 Å². The number of nitrogens with zero attached hydrogens (tertiary/aromatic N) is 6. The van der Waals surface area contributed by atoms with Gasteiger partial charge in [-0.15, -0.1) is 0 Å². The maximum Gasteiger partial charge on any atom is 0.0964 e. The van der Waals surface area contributed by atoms with E-state index in [9.17, 15) is 0 Å². The van der Waals surface area contributed by atoms with E-state index in [-0.39, 0.29) is 17.1 Å². The number of fused-ring (bicyclic) bond motifs is 9. The summed E-state index contributed by atoms with van der Waals surface area (Å²) in [6.45, 7) is 0. The van der Waals surface area contributed by atoms with Gasteiger partial charge in [0.05, 0.1) is 33.1 Å². The quantitative estimate of drug-likeness (QED) is 0.129. The van der Waals surface area contributed by atoms with Gasteiger partial charge in [-0.1, -0.05) is 72.8 Å². The van der Waals surface area contributed by atoms with Crippen LogP contribution in [0.15, 0.2) is 146 Å². The second-order valence-corrected chi connectivity index (χ2v) is 9.65. The van der Waals surface area contributed by atoms with Crippen molar-refractivity contribution in [2.45, 2.75) is 0 Å². The van der Waals surface area contributed by atoms with E-state index in [1.807, 2.05) is 36.4 Å². The number of aromatic nitrogens is 6. The summed E-state index contributed by atoms with van der Waals surface area (Å²) in [6, 6.07) is 36.4. The van der Waals surface area contributed by atoms with Crippen molar-refractivity contribution in [1.82, 2.24) is 29.9 Å². The normalized spacial score (nSPS) is 10.6. The summed E-state index contributed by atoms with van der Waals surface area (Å²) in [4.78, 5) is 26.1. The van der Waals surface area contributed by atoms with Gasteiger partial charge in [-0.25, -0.2) is 0 Å². The molecule has 0 aliphatic carbocycles. The molecule has 6 heterocycles. The molecule has 0 bridgehead atoms. The van der Waals surface area contributed by atoms with Crippen LogP contribution in [-0.2, 0) is 17.1 Å². The SMILES string of the molecule is [Fe].c1cnc2c(c1)ccc1cccnc12.c1cnc2c(c1)ccc1cccnc12.c1cnc2c(c1)ccc1cccnc12. The fourth-order valence-corrected chi connectivity index (χ4v) is 5.04. The molecule has 0 saturated carbocycles. The maximum absolute atomic E-state index is 4.35. The summed E-state index contributed by atoms with van der Waals surface area (Å²) >= 11 is 0. The third-order valence-corrected chi connectivity index (χ3v) is 7.03. The second-order valence-electron chi connectivity index (χ2n) is 9.65. The Morgan fingerprint density at radius 2 is 0.395 bits per heavy atom. The van der Waals surface area contributed by atoms with Crippen LogP contribution >= 0.6 is 0 Å². The molecule has 0 spiro atoms. The van der Waals surface area contributed by atoms with E-state index in [0.29, 0.717) is 0 Å². The van der Waals surface area contributed by atoms with E-state index in [0.717, 1.165) is 65.4 Å². The number of hydrogen-bond acceptors (Lipinski definition) is 6. The van der Waals surface area contributed by atoms with Gasteiger partial charge in [0.25, 0.3) is 0 Å². The third-order valence-electron chi connectivity index (χ3n) is 7.03. The minimum Gasteiger partial charge on any atom is -0.254 e. The monoisotopic (exact) mass is 596 g/mol. The van der Waals surface area contributed by atoms with Crippen molar-refractivity contribution in [3.63, 3.8) is 0 Å². The molecule has 9 rings (SSSR count). The van der Waals surface area contributed by atoms with Gasteiger partial charge in [-0.3, -0.25) is 29.9 Å². The first kappa shape index (κ1) is 27.8. The molecule has 0 saturated heterocycles. The molecule has 0 amide bonds. The van der Waals surface area contributed by atoms with Crippen LogP contribution < -0.4 is 0 Å². The van der Waals surface area contributed by atoms with E-state index < -0.39 is 0 Å². The van der Waals surface area contributed by atoms with Crippen LogP contribution in [0.5, 0.6) is 0 Å². The fraction of sp³-hybridized carbons (Fsp3) is 0. The molecule has 0 aliphatic heterocycles. The van der Waals surface area contributed by atoms with E-state index in [1.165, 1.54) is 0 Å². The Morgan fingerprint density at radius 1 is 0.233 bits per heavy atom. The Hall–Kier alpha value is -5.36. The summed E-state index contributed by atoms with van der Waals surface area (Å²) < 4.78 is 0. The molecular weight excluding hydrogens is 572 g/mol.